The molecule has 69 heavy (non-hydrogen) atoms. The standard InChI is InChI=1S/C63H119NO5/c1-3-5-7-9-11-13-15-17-19-21-23-24-25-26-28-29-31-33-35-39-43-47-51-55-61(66)60(59-65)64-62(67)56-52-48-44-40-37-38-42-46-50-54-58-69-63(68)57-53-49-45-41-36-34-32-30-27-22-20-18-16-14-12-10-8-6-4-2/h12,14,18,20,38,42,60-61,65-66H,3-11,13,15-17,19,21-37,39-41,43-59H2,1-2H3,(H,64,67)/b14-12-,20-18-,42-38-. The van der Waals surface area contributed by atoms with Crippen molar-refractivity contribution in [3.63, 3.8) is 0 Å². The highest BCUT2D eigenvalue weighted by Crippen LogP contribution is 2.17. The fourth-order valence-corrected chi connectivity index (χ4v) is 9.43. The molecule has 1 amide bonds. The summed E-state index contributed by atoms with van der Waals surface area (Å²) in [5.74, 6) is -0.108. The molecule has 6 nitrogen and oxygen atoms in total. The third-order valence-corrected chi connectivity index (χ3v) is 14.2. The number of hydrogen-bond acceptors (Lipinski definition) is 5. The van der Waals surface area contributed by atoms with E-state index < -0.39 is 12.1 Å². The summed E-state index contributed by atoms with van der Waals surface area (Å²) in [6.45, 7) is 4.86. The number of aliphatic hydroxyl groups is 2. The molecule has 0 bridgehead atoms. The second-order valence-corrected chi connectivity index (χ2v) is 21.0. The Morgan fingerprint density at radius 1 is 0.406 bits per heavy atom. The summed E-state index contributed by atoms with van der Waals surface area (Å²) in [5.41, 5.74) is 0. The minimum atomic E-state index is -0.688. The molecule has 0 spiro atoms. The van der Waals surface area contributed by atoms with Crippen LogP contribution in [0.5, 0.6) is 0 Å². The van der Waals surface area contributed by atoms with Gasteiger partial charge in [0.25, 0.3) is 0 Å². The van der Waals surface area contributed by atoms with Crippen LogP contribution in [0, 0.1) is 0 Å². The zero-order valence-corrected chi connectivity index (χ0v) is 46.3. The Bertz CT molecular complexity index is 1120. The Kier molecular flexibility index (Phi) is 57.0. The van der Waals surface area contributed by atoms with Gasteiger partial charge in [-0.3, -0.25) is 9.59 Å². The smallest absolute Gasteiger partial charge is 0.305 e. The normalized spacial score (nSPS) is 12.8. The van der Waals surface area contributed by atoms with E-state index in [4.69, 9.17) is 4.74 Å². The largest absolute Gasteiger partial charge is 0.466 e. The molecule has 406 valence electrons. The average molecular weight is 971 g/mol. The van der Waals surface area contributed by atoms with E-state index in [1.165, 1.54) is 212 Å². The number of aliphatic hydroxyl groups excluding tert-OH is 2. The number of esters is 1. The van der Waals surface area contributed by atoms with Crippen LogP contribution < -0.4 is 5.32 Å². The molecule has 2 atom stereocenters. The van der Waals surface area contributed by atoms with E-state index in [1.807, 2.05) is 0 Å². The number of ether oxygens (including phenoxy) is 1. The molecule has 0 rings (SSSR count). The van der Waals surface area contributed by atoms with Gasteiger partial charge in [-0.25, -0.2) is 0 Å². The lowest BCUT2D eigenvalue weighted by Gasteiger charge is -2.22. The summed E-state index contributed by atoms with van der Waals surface area (Å²) in [4.78, 5) is 24.6. The molecule has 6 heteroatoms. The van der Waals surface area contributed by atoms with Gasteiger partial charge in [-0.2, -0.15) is 0 Å². The molecule has 0 aromatic heterocycles. The van der Waals surface area contributed by atoms with E-state index in [2.05, 4.69) is 55.6 Å². The Balaban J connectivity index is 3.50. The van der Waals surface area contributed by atoms with Gasteiger partial charge in [0.1, 0.15) is 0 Å². The highest BCUT2D eigenvalue weighted by Gasteiger charge is 2.20. The van der Waals surface area contributed by atoms with Gasteiger partial charge in [-0.1, -0.05) is 269 Å². The molecule has 0 aliphatic rings. The molecule has 3 N–H and O–H groups in total. The molecule has 0 aromatic carbocycles. The minimum absolute atomic E-state index is 0.0393. The Morgan fingerprint density at radius 2 is 0.725 bits per heavy atom. The van der Waals surface area contributed by atoms with Crippen LogP contribution in [0.4, 0.5) is 0 Å². The second kappa shape index (κ2) is 58.6. The van der Waals surface area contributed by atoms with Crippen molar-refractivity contribution in [1.29, 1.82) is 0 Å². The summed E-state index contributed by atoms with van der Waals surface area (Å²) >= 11 is 0. The highest BCUT2D eigenvalue weighted by atomic mass is 16.5. The van der Waals surface area contributed by atoms with Crippen LogP contribution in [0.3, 0.4) is 0 Å². The fraction of sp³-hybridized carbons (Fsp3) is 0.873. The summed E-state index contributed by atoms with van der Waals surface area (Å²) in [6.07, 6.45) is 72.9. The van der Waals surface area contributed by atoms with Crippen LogP contribution >= 0.6 is 0 Å². The highest BCUT2D eigenvalue weighted by molar-refractivity contribution is 5.76. The topological polar surface area (TPSA) is 95.9 Å². The molecule has 0 aliphatic heterocycles. The molecule has 0 heterocycles. The molecular formula is C63H119NO5. The van der Waals surface area contributed by atoms with Gasteiger partial charge in [0.2, 0.25) is 5.91 Å². The lowest BCUT2D eigenvalue weighted by Crippen LogP contribution is -2.45. The quantitative estimate of drug-likeness (QED) is 0.0321. The van der Waals surface area contributed by atoms with E-state index in [1.54, 1.807) is 0 Å². The summed E-state index contributed by atoms with van der Waals surface area (Å²) < 4.78 is 5.46. The molecule has 0 aromatic rings. The lowest BCUT2D eigenvalue weighted by molar-refractivity contribution is -0.143. The first-order chi connectivity index (χ1) is 34.0. The van der Waals surface area contributed by atoms with Gasteiger partial charge in [-0.05, 0) is 83.5 Å². The minimum Gasteiger partial charge on any atom is -0.466 e. The molecule has 2 unspecified atom stereocenters. The van der Waals surface area contributed by atoms with Gasteiger partial charge < -0.3 is 20.3 Å². The number of nitrogens with one attached hydrogen (secondary N) is 1. The van der Waals surface area contributed by atoms with Gasteiger partial charge in [0.15, 0.2) is 0 Å². The Labute approximate surface area is 430 Å². The Morgan fingerprint density at radius 3 is 1.14 bits per heavy atom. The summed E-state index contributed by atoms with van der Waals surface area (Å²) in [6, 6.07) is -0.569. The van der Waals surface area contributed by atoms with E-state index in [0.717, 1.165) is 83.5 Å². The third kappa shape index (κ3) is 55.2. The maximum Gasteiger partial charge on any atom is 0.305 e. The molecule has 0 saturated carbocycles. The number of amides is 1. The predicted molar refractivity (Wildman–Crippen MR) is 301 cm³/mol. The van der Waals surface area contributed by atoms with Crippen LogP contribution in [0.1, 0.15) is 328 Å². The van der Waals surface area contributed by atoms with Crippen molar-refractivity contribution in [3.05, 3.63) is 36.5 Å². The van der Waals surface area contributed by atoms with E-state index >= 15 is 0 Å². The number of rotatable bonds is 57. The number of hydrogen-bond donors (Lipinski definition) is 3. The molecule has 0 saturated heterocycles. The van der Waals surface area contributed by atoms with Crippen LogP contribution in [0.25, 0.3) is 0 Å². The van der Waals surface area contributed by atoms with Gasteiger partial charge in [0, 0.05) is 12.8 Å². The maximum atomic E-state index is 12.5. The number of allylic oxidation sites excluding steroid dienone is 6. The van der Waals surface area contributed by atoms with E-state index in [0.29, 0.717) is 25.9 Å². The fourth-order valence-electron chi connectivity index (χ4n) is 9.43. The zero-order valence-electron chi connectivity index (χ0n) is 46.3. The van der Waals surface area contributed by atoms with Gasteiger partial charge in [0.05, 0.1) is 25.4 Å². The first-order valence-electron chi connectivity index (χ1n) is 30.7. The average Bonchev–Trinajstić information content (AvgIpc) is 3.35. The summed E-state index contributed by atoms with van der Waals surface area (Å²) in [5, 5.41) is 23.3. The first-order valence-corrected chi connectivity index (χ1v) is 30.7. The first kappa shape index (κ1) is 67.1. The number of carbonyl (C=O) groups is 2. The van der Waals surface area contributed by atoms with E-state index in [9.17, 15) is 19.8 Å². The molecule has 0 radical (unpaired) electrons. The van der Waals surface area contributed by atoms with Crippen LogP contribution in [-0.4, -0.2) is 47.4 Å². The van der Waals surface area contributed by atoms with Crippen molar-refractivity contribution < 1.29 is 24.5 Å². The van der Waals surface area contributed by atoms with Crippen molar-refractivity contribution in [2.45, 2.75) is 341 Å². The van der Waals surface area contributed by atoms with Crippen LogP contribution in [0.15, 0.2) is 36.5 Å². The maximum absolute atomic E-state index is 12.5. The summed E-state index contributed by atoms with van der Waals surface area (Å²) in [7, 11) is 0. The number of unbranched alkanes of at least 4 members (excludes halogenated alkanes) is 40. The SMILES string of the molecule is CCCCC/C=C\C/C=C\CCCCCCCCCCCC(=O)OCCCC/C=C\CCCCCCC(=O)NC(CO)C(O)CCCCCCCCCCCCCCCCCCCCCCCCC. The monoisotopic (exact) mass is 970 g/mol. The van der Waals surface area contributed by atoms with Crippen molar-refractivity contribution in [2.75, 3.05) is 13.2 Å². The van der Waals surface area contributed by atoms with Crippen LogP contribution in [-0.2, 0) is 14.3 Å². The molecule has 0 aliphatic carbocycles. The van der Waals surface area contributed by atoms with Crippen molar-refractivity contribution in [1.82, 2.24) is 5.32 Å². The van der Waals surface area contributed by atoms with Gasteiger partial charge >= 0.3 is 5.97 Å². The van der Waals surface area contributed by atoms with Gasteiger partial charge in [-0.15, -0.1) is 0 Å². The molecular weight excluding hydrogens is 851 g/mol. The van der Waals surface area contributed by atoms with E-state index in [-0.39, 0.29) is 18.5 Å². The van der Waals surface area contributed by atoms with Crippen LogP contribution in [0.2, 0.25) is 0 Å². The Hall–Kier alpha value is -1.92. The predicted octanol–water partition coefficient (Wildman–Crippen LogP) is 19.2. The zero-order chi connectivity index (χ0) is 50.0. The number of carbonyl (C=O) groups excluding carboxylic acids is 2. The van der Waals surface area contributed by atoms with Crippen molar-refractivity contribution in [3.8, 4) is 0 Å². The molecule has 0 fully saturated rings. The third-order valence-electron chi connectivity index (χ3n) is 14.2. The van der Waals surface area contributed by atoms with Crippen molar-refractivity contribution in [2.24, 2.45) is 0 Å². The second-order valence-electron chi connectivity index (χ2n) is 21.0. The lowest BCUT2D eigenvalue weighted by atomic mass is 10.0. The van der Waals surface area contributed by atoms with Crippen molar-refractivity contribution >= 4 is 11.9 Å².